The Hall–Kier alpha value is -3.75. The van der Waals surface area contributed by atoms with Gasteiger partial charge in [-0.1, -0.05) is 43.0 Å². The van der Waals surface area contributed by atoms with E-state index in [1.165, 1.54) is 30.4 Å². The summed E-state index contributed by atoms with van der Waals surface area (Å²) < 4.78 is 49.6. The van der Waals surface area contributed by atoms with Crippen molar-refractivity contribution >= 4 is 10.1 Å². The van der Waals surface area contributed by atoms with Gasteiger partial charge in [-0.2, -0.15) is 8.42 Å². The molecular formula is C31H33NO6S. The van der Waals surface area contributed by atoms with E-state index in [9.17, 15) is 8.42 Å². The molecule has 2 heterocycles. The summed E-state index contributed by atoms with van der Waals surface area (Å²) in [6, 6.07) is 16.0. The molecule has 204 valence electrons. The average Bonchev–Trinajstić information content (AvgIpc) is 2.95. The lowest BCUT2D eigenvalue weighted by Crippen LogP contribution is -2.43. The van der Waals surface area contributed by atoms with E-state index in [0.717, 1.165) is 24.1 Å². The second-order valence-corrected chi connectivity index (χ2v) is 11.1. The van der Waals surface area contributed by atoms with Gasteiger partial charge in [0.25, 0.3) is 0 Å². The highest BCUT2D eigenvalue weighted by molar-refractivity contribution is 7.87. The Morgan fingerprint density at radius 3 is 2.41 bits per heavy atom. The Bertz CT molecular complexity index is 1480. The first-order valence-corrected chi connectivity index (χ1v) is 14.3. The van der Waals surface area contributed by atoms with Crippen LogP contribution in [0.1, 0.15) is 40.8 Å². The smallest absolute Gasteiger partial charge is 0.339 e. The van der Waals surface area contributed by atoms with Gasteiger partial charge in [-0.15, -0.1) is 6.58 Å². The number of benzene rings is 3. The molecule has 2 unspecified atom stereocenters. The standard InChI is InChI=1S/C31H33NO6S/c1-5-10-25-30-22(13-14-27(35-3)31(30)38-39(33,34)23-11-8-7-9-12-23)18-26-24-20-28(36-4)29(37-17-6-2)19-21(24)15-16-32(25)26/h5-9,11-14,19-20,25-26H,1-2,10,15-18H2,3-4H3. The van der Waals surface area contributed by atoms with Crippen LogP contribution in [0.3, 0.4) is 0 Å². The molecule has 2 aliphatic rings. The maximum Gasteiger partial charge on any atom is 0.339 e. The fourth-order valence-corrected chi connectivity index (χ4v) is 6.67. The molecule has 0 radical (unpaired) electrons. The van der Waals surface area contributed by atoms with E-state index >= 15 is 0 Å². The number of rotatable bonds is 10. The first kappa shape index (κ1) is 26.8. The summed E-state index contributed by atoms with van der Waals surface area (Å²) in [5.74, 6) is 2.00. The van der Waals surface area contributed by atoms with Crippen LogP contribution in [0.4, 0.5) is 0 Å². The minimum atomic E-state index is -4.08. The molecule has 0 saturated heterocycles. The number of fused-ring (bicyclic) bond motifs is 4. The van der Waals surface area contributed by atoms with Gasteiger partial charge < -0.3 is 18.4 Å². The number of nitrogens with zero attached hydrogens (tertiary/aromatic N) is 1. The summed E-state index contributed by atoms with van der Waals surface area (Å²) in [6.07, 6.45) is 5.69. The van der Waals surface area contributed by atoms with Crippen LogP contribution in [0.25, 0.3) is 0 Å². The molecule has 2 atom stereocenters. The molecule has 8 heteroatoms. The maximum absolute atomic E-state index is 13.3. The van der Waals surface area contributed by atoms with Gasteiger partial charge in [-0.3, -0.25) is 4.90 Å². The fraction of sp³-hybridized carbons (Fsp3) is 0.290. The number of hydrogen-bond acceptors (Lipinski definition) is 7. The molecular weight excluding hydrogens is 514 g/mol. The van der Waals surface area contributed by atoms with E-state index in [0.29, 0.717) is 36.7 Å². The lowest BCUT2D eigenvalue weighted by Gasteiger charge is -2.47. The summed E-state index contributed by atoms with van der Waals surface area (Å²) in [7, 11) is -0.916. The van der Waals surface area contributed by atoms with Crippen LogP contribution in [-0.2, 0) is 23.0 Å². The quantitative estimate of drug-likeness (QED) is 0.234. The molecule has 0 spiro atoms. The third-order valence-electron chi connectivity index (χ3n) is 7.41. The molecule has 0 aromatic heterocycles. The molecule has 5 rings (SSSR count). The zero-order chi connectivity index (χ0) is 27.6. The van der Waals surface area contributed by atoms with Crippen LogP contribution in [0, 0.1) is 0 Å². The Balaban J connectivity index is 1.61. The molecule has 39 heavy (non-hydrogen) atoms. The molecule has 3 aromatic carbocycles. The highest BCUT2D eigenvalue weighted by Gasteiger charge is 2.41. The predicted octanol–water partition coefficient (Wildman–Crippen LogP) is 5.81. The Morgan fingerprint density at radius 1 is 0.949 bits per heavy atom. The van der Waals surface area contributed by atoms with Gasteiger partial charge >= 0.3 is 10.1 Å². The predicted molar refractivity (Wildman–Crippen MR) is 150 cm³/mol. The maximum atomic E-state index is 13.3. The Labute approximate surface area is 230 Å². The van der Waals surface area contributed by atoms with Gasteiger partial charge in [0, 0.05) is 24.2 Å². The number of hydrogen-bond donors (Lipinski definition) is 0. The minimum absolute atomic E-state index is 0.0699. The lowest BCUT2D eigenvalue weighted by atomic mass is 9.79. The van der Waals surface area contributed by atoms with Crippen molar-refractivity contribution in [3.63, 3.8) is 0 Å². The topological polar surface area (TPSA) is 74.3 Å². The zero-order valence-electron chi connectivity index (χ0n) is 22.3. The summed E-state index contributed by atoms with van der Waals surface area (Å²) in [6.45, 7) is 8.93. The molecule has 0 saturated carbocycles. The van der Waals surface area contributed by atoms with Gasteiger partial charge in [-0.25, -0.2) is 0 Å². The Morgan fingerprint density at radius 2 is 1.72 bits per heavy atom. The van der Waals surface area contributed by atoms with Gasteiger partial charge in [0.2, 0.25) is 0 Å². The largest absolute Gasteiger partial charge is 0.493 e. The average molecular weight is 548 g/mol. The summed E-state index contributed by atoms with van der Waals surface area (Å²) in [5.41, 5.74) is 4.24. The van der Waals surface area contributed by atoms with E-state index < -0.39 is 10.1 Å². The first-order valence-electron chi connectivity index (χ1n) is 12.9. The van der Waals surface area contributed by atoms with Crippen LogP contribution in [0.15, 0.2) is 84.8 Å². The van der Waals surface area contributed by atoms with Crippen molar-refractivity contribution in [1.82, 2.24) is 4.90 Å². The van der Waals surface area contributed by atoms with Crippen LogP contribution < -0.4 is 18.4 Å². The van der Waals surface area contributed by atoms with Gasteiger partial charge in [-0.05, 0) is 66.3 Å². The van der Waals surface area contributed by atoms with Crippen molar-refractivity contribution in [2.75, 3.05) is 27.4 Å². The molecule has 2 aliphatic heterocycles. The van der Waals surface area contributed by atoms with Crippen molar-refractivity contribution in [3.8, 4) is 23.0 Å². The molecule has 0 amide bonds. The highest BCUT2D eigenvalue weighted by atomic mass is 32.2. The molecule has 0 bridgehead atoms. The molecule has 0 fully saturated rings. The minimum Gasteiger partial charge on any atom is -0.493 e. The van der Waals surface area contributed by atoms with E-state index in [1.54, 1.807) is 37.5 Å². The summed E-state index contributed by atoms with van der Waals surface area (Å²) in [4.78, 5) is 2.50. The van der Waals surface area contributed by atoms with Crippen molar-refractivity contribution < 1.29 is 26.8 Å². The highest BCUT2D eigenvalue weighted by Crippen LogP contribution is 2.52. The Kier molecular flexibility index (Phi) is 7.68. The van der Waals surface area contributed by atoms with Crippen molar-refractivity contribution in [2.45, 2.75) is 36.2 Å². The third-order valence-corrected chi connectivity index (χ3v) is 8.65. The van der Waals surface area contributed by atoms with E-state index in [4.69, 9.17) is 18.4 Å². The van der Waals surface area contributed by atoms with E-state index in [1.807, 2.05) is 12.1 Å². The third kappa shape index (κ3) is 5.02. The second-order valence-electron chi connectivity index (χ2n) is 9.57. The molecule has 0 aliphatic carbocycles. The van der Waals surface area contributed by atoms with Crippen molar-refractivity contribution in [1.29, 1.82) is 0 Å². The van der Waals surface area contributed by atoms with Gasteiger partial charge in [0.05, 0.1) is 14.2 Å². The summed E-state index contributed by atoms with van der Waals surface area (Å²) >= 11 is 0. The molecule has 3 aromatic rings. The normalized spacial score (nSPS) is 18.2. The van der Waals surface area contributed by atoms with Gasteiger partial charge in [0.1, 0.15) is 11.5 Å². The van der Waals surface area contributed by atoms with Crippen molar-refractivity contribution in [2.24, 2.45) is 0 Å². The lowest BCUT2D eigenvalue weighted by molar-refractivity contribution is 0.106. The van der Waals surface area contributed by atoms with Crippen LogP contribution >= 0.6 is 0 Å². The van der Waals surface area contributed by atoms with Crippen LogP contribution in [0.2, 0.25) is 0 Å². The van der Waals surface area contributed by atoms with Crippen molar-refractivity contribution in [3.05, 3.63) is 102 Å². The monoisotopic (exact) mass is 547 g/mol. The van der Waals surface area contributed by atoms with Gasteiger partial charge in [0.15, 0.2) is 23.0 Å². The van der Waals surface area contributed by atoms with Crippen LogP contribution in [-0.4, -0.2) is 40.7 Å². The fourth-order valence-electron chi connectivity index (χ4n) is 5.69. The zero-order valence-corrected chi connectivity index (χ0v) is 23.1. The van der Waals surface area contributed by atoms with E-state index in [2.05, 4.69) is 30.2 Å². The SMILES string of the molecule is C=CCOc1cc2c(cc1OC)C1Cc3ccc(OC)c(OS(=O)(=O)c4ccccc4)c3C(CC=C)N1CC2. The second kappa shape index (κ2) is 11.2. The number of ether oxygens (including phenoxy) is 3. The van der Waals surface area contributed by atoms with Crippen LogP contribution in [0.5, 0.6) is 23.0 Å². The summed E-state index contributed by atoms with van der Waals surface area (Å²) in [5, 5.41) is 0. The van der Waals surface area contributed by atoms with E-state index in [-0.39, 0.29) is 22.7 Å². The first-order chi connectivity index (χ1) is 18.9. The molecule has 7 nitrogen and oxygen atoms in total. The molecule has 0 N–H and O–H groups in total. The number of methoxy groups -OCH3 is 2.